The highest BCUT2D eigenvalue weighted by atomic mass is 16.5. The van der Waals surface area contributed by atoms with Gasteiger partial charge in [-0.2, -0.15) is 0 Å². The monoisotopic (exact) mass is 577 g/mol. The number of likely N-dealkylation sites (tertiary alicyclic amines) is 1. The van der Waals surface area contributed by atoms with Gasteiger partial charge in [0.15, 0.2) is 0 Å². The van der Waals surface area contributed by atoms with Crippen LogP contribution >= 0.6 is 0 Å². The van der Waals surface area contributed by atoms with Crippen LogP contribution in [0.5, 0.6) is 5.75 Å². The molecule has 3 unspecified atom stereocenters. The molecular weight excluding hydrogens is 534 g/mol. The molecule has 9 heteroatoms. The number of nitrogens with one attached hydrogen (secondary N) is 2. The summed E-state index contributed by atoms with van der Waals surface area (Å²) in [5.74, 6) is -1.97. The quantitative estimate of drug-likeness (QED) is 0.332. The molecule has 3 heterocycles. The van der Waals surface area contributed by atoms with E-state index in [9.17, 15) is 19.5 Å². The summed E-state index contributed by atoms with van der Waals surface area (Å²) in [7, 11) is 0. The largest absolute Gasteiger partial charge is 0.494 e. The maximum Gasteiger partial charge on any atom is 0.245 e. The van der Waals surface area contributed by atoms with Gasteiger partial charge < -0.3 is 30.1 Å². The highest BCUT2D eigenvalue weighted by Gasteiger charge is 2.80. The molecule has 2 aromatic carbocycles. The predicted molar refractivity (Wildman–Crippen MR) is 159 cm³/mol. The smallest absolute Gasteiger partial charge is 0.245 e. The zero-order valence-electron chi connectivity index (χ0n) is 25.0. The van der Waals surface area contributed by atoms with Crippen molar-refractivity contribution < 1.29 is 29.0 Å². The second kappa shape index (κ2) is 12.1. The van der Waals surface area contributed by atoms with Gasteiger partial charge >= 0.3 is 0 Å². The molecular formula is C33H43N3O6. The van der Waals surface area contributed by atoms with Crippen molar-refractivity contribution in [3.8, 4) is 5.75 Å². The van der Waals surface area contributed by atoms with E-state index in [1.165, 1.54) is 4.90 Å². The van der Waals surface area contributed by atoms with Crippen LogP contribution in [0.3, 0.4) is 0 Å². The normalized spacial score (nSPS) is 30.2. The Morgan fingerprint density at radius 2 is 1.83 bits per heavy atom. The van der Waals surface area contributed by atoms with Gasteiger partial charge in [0.05, 0.1) is 36.7 Å². The number of hydrogen-bond donors (Lipinski definition) is 3. The van der Waals surface area contributed by atoms with E-state index < -0.39 is 35.1 Å². The van der Waals surface area contributed by atoms with Crippen molar-refractivity contribution in [1.82, 2.24) is 10.2 Å². The number of fused-ring (bicyclic) bond motifs is 1. The van der Waals surface area contributed by atoms with Crippen LogP contribution in [-0.4, -0.2) is 70.8 Å². The fourth-order valence-corrected chi connectivity index (χ4v) is 7.41. The van der Waals surface area contributed by atoms with Crippen molar-refractivity contribution >= 4 is 23.4 Å². The third-order valence-corrected chi connectivity index (χ3v) is 9.46. The van der Waals surface area contributed by atoms with E-state index in [1.54, 1.807) is 24.3 Å². The van der Waals surface area contributed by atoms with E-state index in [0.29, 0.717) is 37.4 Å². The van der Waals surface area contributed by atoms with Gasteiger partial charge in [-0.25, -0.2) is 0 Å². The Bertz CT molecular complexity index is 1290. The molecule has 0 aromatic heterocycles. The van der Waals surface area contributed by atoms with Crippen molar-refractivity contribution in [2.45, 2.75) is 76.7 Å². The summed E-state index contributed by atoms with van der Waals surface area (Å²) >= 11 is 0. The lowest BCUT2D eigenvalue weighted by Crippen LogP contribution is -2.58. The van der Waals surface area contributed by atoms with E-state index in [4.69, 9.17) is 9.47 Å². The molecule has 7 atom stereocenters. The number of aliphatic hydroxyl groups is 1. The number of carbonyl (C=O) groups is 3. The summed E-state index contributed by atoms with van der Waals surface area (Å²) in [5.41, 5.74) is -0.575. The fraction of sp³-hybridized carbons (Fsp3) is 0.545. The molecule has 5 rings (SSSR count). The van der Waals surface area contributed by atoms with Gasteiger partial charge in [0.2, 0.25) is 17.7 Å². The average Bonchev–Trinajstić information content (AvgIpc) is 3.50. The summed E-state index contributed by atoms with van der Waals surface area (Å²) in [6.45, 7) is 8.56. The van der Waals surface area contributed by atoms with Gasteiger partial charge in [-0.3, -0.25) is 14.4 Å². The molecule has 1 spiro atoms. The van der Waals surface area contributed by atoms with Gasteiger partial charge in [-0.1, -0.05) is 50.6 Å². The van der Waals surface area contributed by atoms with E-state index >= 15 is 0 Å². The second-order valence-electron chi connectivity index (χ2n) is 12.1. The van der Waals surface area contributed by atoms with Gasteiger partial charge in [-0.05, 0) is 68.9 Å². The summed E-state index contributed by atoms with van der Waals surface area (Å²) < 4.78 is 12.3. The van der Waals surface area contributed by atoms with Gasteiger partial charge in [-0.15, -0.1) is 0 Å². The maximum absolute atomic E-state index is 14.5. The van der Waals surface area contributed by atoms with Crippen LogP contribution in [0.2, 0.25) is 0 Å². The standard InChI is InChI=1S/C33H43N3O6/c1-5-7-17-34-30(39)28-33-19-21(3)32(4,42-33)26(29(38)35-23-13-15-25(16-14-23)41-6-2)27(33)31(40)36(28)24(20-37)18-22-11-9-8-10-12-22/h8-16,21,24,26-28,37H,5-7,17-20H2,1-4H3,(H,34,39)(H,35,38)/t21?,24-,26+,27+,28?,32-,33?/m1/s1. The minimum absolute atomic E-state index is 0.0785. The predicted octanol–water partition coefficient (Wildman–Crippen LogP) is 3.55. The minimum Gasteiger partial charge on any atom is -0.494 e. The van der Waals surface area contributed by atoms with Crippen molar-refractivity contribution in [3.05, 3.63) is 60.2 Å². The van der Waals surface area contributed by atoms with Crippen LogP contribution in [0.1, 0.15) is 52.5 Å². The Labute approximate surface area is 248 Å². The number of amides is 3. The summed E-state index contributed by atoms with van der Waals surface area (Å²) in [5, 5.41) is 16.6. The molecule has 3 amide bonds. The van der Waals surface area contributed by atoms with E-state index in [-0.39, 0.29) is 30.2 Å². The molecule has 226 valence electrons. The molecule has 42 heavy (non-hydrogen) atoms. The number of anilines is 1. The third kappa shape index (κ3) is 5.07. The van der Waals surface area contributed by atoms with Crippen LogP contribution in [0.15, 0.2) is 54.6 Å². The van der Waals surface area contributed by atoms with E-state index in [1.807, 2.05) is 58.0 Å². The first-order chi connectivity index (χ1) is 20.2. The lowest BCUT2D eigenvalue weighted by atomic mass is 9.62. The van der Waals surface area contributed by atoms with E-state index in [2.05, 4.69) is 10.6 Å². The van der Waals surface area contributed by atoms with Gasteiger partial charge in [0, 0.05) is 12.2 Å². The second-order valence-corrected chi connectivity index (χ2v) is 12.1. The molecule has 3 fully saturated rings. The first-order valence-corrected chi connectivity index (χ1v) is 15.2. The van der Waals surface area contributed by atoms with E-state index in [0.717, 1.165) is 18.4 Å². The Balaban J connectivity index is 1.51. The minimum atomic E-state index is -1.17. The summed E-state index contributed by atoms with van der Waals surface area (Å²) in [6.07, 6.45) is 2.56. The molecule has 3 aliphatic heterocycles. The molecule has 9 nitrogen and oxygen atoms in total. The number of unbranched alkanes of at least 4 members (excludes halogenated alkanes) is 1. The first-order valence-electron chi connectivity index (χ1n) is 15.2. The first kappa shape index (κ1) is 30.0. The summed E-state index contributed by atoms with van der Waals surface area (Å²) in [4.78, 5) is 44.0. The molecule has 3 aliphatic rings. The zero-order chi connectivity index (χ0) is 30.1. The SMILES string of the molecule is CCCCNC(=O)C1N([C@@H](CO)Cc2ccccc2)C(=O)[C@@H]2[C@@H](C(=O)Nc3ccc(OCC)cc3)[C@]3(C)OC12CC3C. The maximum atomic E-state index is 14.5. The number of ether oxygens (including phenoxy) is 2. The van der Waals surface area contributed by atoms with Crippen molar-refractivity contribution in [1.29, 1.82) is 0 Å². The van der Waals surface area contributed by atoms with Crippen LogP contribution in [0.4, 0.5) is 5.69 Å². The lowest BCUT2D eigenvalue weighted by molar-refractivity contribution is -0.149. The van der Waals surface area contributed by atoms with Crippen LogP contribution < -0.4 is 15.4 Å². The third-order valence-electron chi connectivity index (χ3n) is 9.46. The molecule has 2 bridgehead atoms. The molecule has 2 aromatic rings. The molecule has 3 N–H and O–H groups in total. The van der Waals surface area contributed by atoms with Crippen LogP contribution in [0, 0.1) is 17.8 Å². The zero-order valence-corrected chi connectivity index (χ0v) is 25.0. The molecule has 3 saturated heterocycles. The highest BCUT2D eigenvalue weighted by molar-refractivity contribution is 6.02. The Morgan fingerprint density at radius 1 is 1.12 bits per heavy atom. The highest BCUT2D eigenvalue weighted by Crippen LogP contribution is 2.65. The molecule has 0 aliphatic carbocycles. The Kier molecular flexibility index (Phi) is 8.62. The fourth-order valence-electron chi connectivity index (χ4n) is 7.41. The number of benzene rings is 2. The summed E-state index contributed by atoms with van der Waals surface area (Å²) in [6, 6.07) is 15.1. The van der Waals surface area contributed by atoms with Crippen molar-refractivity contribution in [2.24, 2.45) is 17.8 Å². The number of hydrogen-bond acceptors (Lipinski definition) is 6. The Morgan fingerprint density at radius 3 is 2.48 bits per heavy atom. The van der Waals surface area contributed by atoms with Crippen molar-refractivity contribution in [3.63, 3.8) is 0 Å². The number of rotatable bonds is 12. The average molecular weight is 578 g/mol. The number of carbonyl (C=O) groups excluding carboxylic acids is 3. The number of nitrogens with zero attached hydrogens (tertiary/aromatic N) is 1. The van der Waals surface area contributed by atoms with Gasteiger partial charge in [0.25, 0.3) is 0 Å². The van der Waals surface area contributed by atoms with Crippen molar-refractivity contribution in [2.75, 3.05) is 25.1 Å². The molecule has 0 saturated carbocycles. The van der Waals surface area contributed by atoms with Crippen LogP contribution in [-0.2, 0) is 25.5 Å². The topological polar surface area (TPSA) is 117 Å². The van der Waals surface area contributed by atoms with Crippen LogP contribution in [0.25, 0.3) is 0 Å². The van der Waals surface area contributed by atoms with Gasteiger partial charge in [0.1, 0.15) is 17.4 Å². The number of aliphatic hydroxyl groups excluding tert-OH is 1. The molecule has 0 radical (unpaired) electrons. The lowest BCUT2D eigenvalue weighted by Gasteiger charge is -2.37. The Hall–Kier alpha value is -3.43.